The fraction of sp³-hybridized carbons (Fsp3) is 0.875. The number of carbonyl (C=O) groups is 1. The molecule has 0 aromatic rings. The van der Waals surface area contributed by atoms with Gasteiger partial charge < -0.3 is 25.2 Å². The zero-order chi connectivity index (χ0) is 22.2. The van der Waals surface area contributed by atoms with Crippen LogP contribution in [0.2, 0.25) is 0 Å². The van der Waals surface area contributed by atoms with E-state index in [1.165, 1.54) is 50.7 Å². The Bertz CT molecular complexity index is 465. The SMILES string of the molecule is CC(O)CC1CC(O)CCCCCCCCCCCCC(O)CC(O)C=CC(=O)O1. The van der Waals surface area contributed by atoms with Crippen molar-refractivity contribution < 1.29 is 30.0 Å². The standard InChI is InChI=1S/C24H44O6/c1-19(25)16-23-18-21(27)13-11-9-7-5-3-2-4-6-8-10-12-20(26)17-22(28)14-15-24(29)30-23/h14-15,19-23,25-28H,2-13,16-18H2,1H3. The number of carbonyl (C=O) groups excluding carboxylic acids is 1. The van der Waals surface area contributed by atoms with Crippen molar-refractivity contribution in [3.05, 3.63) is 12.2 Å². The van der Waals surface area contributed by atoms with Crippen LogP contribution in [0.3, 0.4) is 0 Å². The van der Waals surface area contributed by atoms with Crippen LogP contribution in [0.4, 0.5) is 0 Å². The van der Waals surface area contributed by atoms with E-state index in [0.717, 1.165) is 25.7 Å². The summed E-state index contributed by atoms with van der Waals surface area (Å²) >= 11 is 0. The van der Waals surface area contributed by atoms with Crippen LogP contribution in [0.1, 0.15) is 103 Å². The molecule has 1 heterocycles. The molecule has 0 aliphatic carbocycles. The summed E-state index contributed by atoms with van der Waals surface area (Å²) in [6, 6.07) is 0. The van der Waals surface area contributed by atoms with Gasteiger partial charge in [-0.3, -0.25) is 0 Å². The van der Waals surface area contributed by atoms with Crippen molar-refractivity contribution >= 4 is 5.97 Å². The van der Waals surface area contributed by atoms with E-state index < -0.39 is 36.5 Å². The Morgan fingerprint density at radius 2 is 1.33 bits per heavy atom. The maximum absolute atomic E-state index is 12.1. The molecule has 0 fully saturated rings. The van der Waals surface area contributed by atoms with Crippen molar-refractivity contribution in [2.24, 2.45) is 0 Å². The van der Waals surface area contributed by atoms with Gasteiger partial charge in [-0.25, -0.2) is 4.79 Å². The molecule has 5 atom stereocenters. The lowest BCUT2D eigenvalue weighted by Gasteiger charge is -2.21. The molecule has 0 radical (unpaired) electrons. The van der Waals surface area contributed by atoms with Gasteiger partial charge in [-0.15, -0.1) is 0 Å². The van der Waals surface area contributed by atoms with E-state index in [2.05, 4.69) is 0 Å². The number of aliphatic hydroxyl groups excluding tert-OH is 4. The van der Waals surface area contributed by atoms with Crippen LogP contribution in [-0.4, -0.2) is 56.9 Å². The lowest BCUT2D eigenvalue weighted by Crippen LogP contribution is -2.27. The second-order valence-electron chi connectivity index (χ2n) is 8.96. The molecule has 1 rings (SSSR count). The first-order chi connectivity index (χ1) is 14.4. The Hall–Kier alpha value is -0.950. The summed E-state index contributed by atoms with van der Waals surface area (Å²) < 4.78 is 5.40. The van der Waals surface area contributed by atoms with Crippen molar-refractivity contribution in [2.45, 2.75) is 134 Å². The highest BCUT2D eigenvalue weighted by atomic mass is 16.5. The molecule has 0 saturated heterocycles. The Kier molecular flexibility index (Phi) is 15.1. The molecule has 0 saturated carbocycles. The minimum atomic E-state index is -0.911. The zero-order valence-corrected chi connectivity index (χ0v) is 18.8. The smallest absolute Gasteiger partial charge is 0.330 e. The first-order valence-corrected chi connectivity index (χ1v) is 12.0. The minimum absolute atomic E-state index is 0.194. The van der Waals surface area contributed by atoms with Crippen LogP contribution in [0.15, 0.2) is 12.2 Å². The van der Waals surface area contributed by atoms with Crippen molar-refractivity contribution in [1.29, 1.82) is 0 Å². The maximum atomic E-state index is 12.1. The minimum Gasteiger partial charge on any atom is -0.459 e. The average Bonchev–Trinajstić information content (AvgIpc) is 2.66. The normalized spacial score (nSPS) is 31.2. The molecule has 0 amide bonds. The number of hydrogen-bond donors (Lipinski definition) is 4. The molecule has 0 spiro atoms. The van der Waals surface area contributed by atoms with E-state index in [4.69, 9.17) is 4.74 Å². The fourth-order valence-corrected chi connectivity index (χ4v) is 4.04. The van der Waals surface area contributed by atoms with Gasteiger partial charge in [0.15, 0.2) is 0 Å². The van der Waals surface area contributed by atoms with Crippen molar-refractivity contribution in [1.82, 2.24) is 0 Å². The summed E-state index contributed by atoms with van der Waals surface area (Å²) in [6.45, 7) is 1.63. The molecule has 0 bridgehead atoms. The Balaban J connectivity index is 2.61. The molecule has 30 heavy (non-hydrogen) atoms. The summed E-state index contributed by atoms with van der Waals surface area (Å²) in [5.41, 5.74) is 0. The summed E-state index contributed by atoms with van der Waals surface area (Å²) in [5, 5.41) is 40.1. The second kappa shape index (κ2) is 16.7. The van der Waals surface area contributed by atoms with Gasteiger partial charge in [0, 0.05) is 25.3 Å². The largest absolute Gasteiger partial charge is 0.459 e. The van der Waals surface area contributed by atoms with Crippen molar-refractivity contribution in [3.63, 3.8) is 0 Å². The lowest BCUT2D eigenvalue weighted by molar-refractivity contribution is -0.145. The summed E-state index contributed by atoms with van der Waals surface area (Å²) in [6.07, 6.45) is 12.7. The van der Waals surface area contributed by atoms with E-state index >= 15 is 0 Å². The summed E-state index contributed by atoms with van der Waals surface area (Å²) in [5.74, 6) is -0.608. The molecule has 0 aromatic heterocycles. The molecule has 1 aliphatic heterocycles. The van der Waals surface area contributed by atoms with Crippen LogP contribution in [-0.2, 0) is 9.53 Å². The van der Waals surface area contributed by atoms with Crippen LogP contribution in [0.5, 0.6) is 0 Å². The van der Waals surface area contributed by atoms with E-state index in [1.807, 2.05) is 0 Å². The first-order valence-electron chi connectivity index (χ1n) is 12.0. The van der Waals surface area contributed by atoms with E-state index in [1.54, 1.807) is 6.92 Å². The first kappa shape index (κ1) is 27.1. The highest BCUT2D eigenvalue weighted by Crippen LogP contribution is 2.18. The van der Waals surface area contributed by atoms with E-state index in [9.17, 15) is 25.2 Å². The lowest BCUT2D eigenvalue weighted by atomic mass is 10.00. The highest BCUT2D eigenvalue weighted by molar-refractivity contribution is 5.82. The summed E-state index contributed by atoms with van der Waals surface area (Å²) in [7, 11) is 0. The topological polar surface area (TPSA) is 107 Å². The average molecular weight is 429 g/mol. The molecule has 4 N–H and O–H groups in total. The predicted molar refractivity (Wildman–Crippen MR) is 118 cm³/mol. The van der Waals surface area contributed by atoms with Crippen molar-refractivity contribution in [2.75, 3.05) is 0 Å². The molecular formula is C24H44O6. The fourth-order valence-electron chi connectivity index (χ4n) is 4.04. The van der Waals surface area contributed by atoms with E-state index in [0.29, 0.717) is 19.3 Å². The number of esters is 1. The van der Waals surface area contributed by atoms with Crippen molar-refractivity contribution in [3.8, 4) is 0 Å². The van der Waals surface area contributed by atoms with Gasteiger partial charge in [0.05, 0.1) is 24.4 Å². The number of aliphatic hydroxyl groups is 4. The van der Waals surface area contributed by atoms with Gasteiger partial charge in [0.25, 0.3) is 0 Å². The van der Waals surface area contributed by atoms with Gasteiger partial charge >= 0.3 is 5.97 Å². The van der Waals surface area contributed by atoms with Gasteiger partial charge in [-0.1, -0.05) is 64.2 Å². The van der Waals surface area contributed by atoms with Crippen LogP contribution >= 0.6 is 0 Å². The monoisotopic (exact) mass is 428 g/mol. The number of ether oxygens (including phenoxy) is 1. The van der Waals surface area contributed by atoms with Gasteiger partial charge in [-0.05, 0) is 25.8 Å². The van der Waals surface area contributed by atoms with Crippen LogP contribution in [0, 0.1) is 0 Å². The third-order valence-electron chi connectivity index (χ3n) is 5.71. The van der Waals surface area contributed by atoms with Gasteiger partial charge in [0.1, 0.15) is 6.10 Å². The Labute approximate surface area is 182 Å². The Morgan fingerprint density at radius 3 is 1.83 bits per heavy atom. The van der Waals surface area contributed by atoms with Gasteiger partial charge in [0.2, 0.25) is 0 Å². The number of rotatable bonds is 2. The second-order valence-corrected chi connectivity index (χ2v) is 8.96. The molecule has 5 unspecified atom stereocenters. The summed E-state index contributed by atoms with van der Waals surface area (Å²) in [4.78, 5) is 12.1. The number of cyclic esters (lactones) is 1. The highest BCUT2D eigenvalue weighted by Gasteiger charge is 2.20. The Morgan fingerprint density at radius 1 is 0.867 bits per heavy atom. The molecular weight excluding hydrogens is 384 g/mol. The quantitative estimate of drug-likeness (QED) is 0.499. The molecule has 0 aromatic carbocycles. The number of hydrogen-bond acceptors (Lipinski definition) is 6. The maximum Gasteiger partial charge on any atom is 0.330 e. The molecule has 6 nitrogen and oxygen atoms in total. The molecule has 6 heteroatoms. The third-order valence-corrected chi connectivity index (χ3v) is 5.71. The van der Waals surface area contributed by atoms with Crippen LogP contribution in [0.25, 0.3) is 0 Å². The predicted octanol–water partition coefficient (Wildman–Crippen LogP) is 3.78. The van der Waals surface area contributed by atoms with E-state index in [-0.39, 0.29) is 12.8 Å². The molecule has 176 valence electrons. The van der Waals surface area contributed by atoms with Crippen LogP contribution < -0.4 is 0 Å². The molecule has 1 aliphatic rings. The van der Waals surface area contributed by atoms with Gasteiger partial charge in [-0.2, -0.15) is 0 Å². The zero-order valence-electron chi connectivity index (χ0n) is 18.8. The third kappa shape index (κ3) is 14.9.